The number of phenols is 1. The minimum atomic E-state index is -1.19. The van der Waals surface area contributed by atoms with E-state index < -0.39 is 5.97 Å². The van der Waals surface area contributed by atoms with Gasteiger partial charge in [0.2, 0.25) is 0 Å². The van der Waals surface area contributed by atoms with E-state index in [1.807, 2.05) is 53.9 Å². The van der Waals surface area contributed by atoms with E-state index in [0.717, 1.165) is 16.8 Å². The Hall–Kier alpha value is -3.84. The van der Waals surface area contributed by atoms with Gasteiger partial charge in [0, 0.05) is 16.5 Å². The van der Waals surface area contributed by atoms with Crippen molar-refractivity contribution in [1.29, 1.82) is 0 Å². The highest BCUT2D eigenvalue weighted by molar-refractivity contribution is 7.14. The average Bonchev–Trinajstić information content (AvgIpc) is 3.23. The molecule has 0 spiro atoms. The number of hydrogen-bond donors (Lipinski definition) is 3. The number of carboxylic acids is 1. The molecule has 0 aliphatic rings. The molecule has 0 fully saturated rings. The van der Waals surface area contributed by atoms with Crippen molar-refractivity contribution >= 4 is 28.1 Å². The summed E-state index contributed by atoms with van der Waals surface area (Å²) in [6.07, 6.45) is 0. The molecule has 0 unspecified atom stereocenters. The van der Waals surface area contributed by atoms with Crippen LogP contribution in [0.1, 0.15) is 10.4 Å². The van der Waals surface area contributed by atoms with E-state index in [-0.39, 0.29) is 11.3 Å². The number of hydrogen-bond acceptors (Lipinski definition) is 6. The second-order valence-corrected chi connectivity index (χ2v) is 7.31. The van der Waals surface area contributed by atoms with Gasteiger partial charge in [0.05, 0.1) is 18.5 Å². The lowest BCUT2D eigenvalue weighted by Gasteiger charge is -2.14. The molecular weight excluding hydrogens is 400 g/mol. The molecule has 1 heterocycles. The van der Waals surface area contributed by atoms with Gasteiger partial charge >= 0.3 is 5.97 Å². The zero-order chi connectivity index (χ0) is 21.1. The molecule has 4 rings (SSSR count). The van der Waals surface area contributed by atoms with Gasteiger partial charge in [-0.2, -0.15) is 0 Å². The molecule has 150 valence electrons. The van der Waals surface area contributed by atoms with Gasteiger partial charge in [-0.05, 0) is 29.8 Å². The van der Waals surface area contributed by atoms with E-state index in [9.17, 15) is 15.0 Å². The topological polar surface area (TPSA) is 91.7 Å². The molecule has 0 atom stereocenters. The van der Waals surface area contributed by atoms with Gasteiger partial charge in [-0.1, -0.05) is 42.5 Å². The zero-order valence-corrected chi connectivity index (χ0v) is 16.8. The average molecular weight is 418 g/mol. The van der Waals surface area contributed by atoms with Crippen molar-refractivity contribution < 1.29 is 19.7 Å². The first kappa shape index (κ1) is 19.5. The molecule has 0 saturated carbocycles. The van der Waals surface area contributed by atoms with Crippen LogP contribution >= 0.6 is 11.3 Å². The van der Waals surface area contributed by atoms with Crippen LogP contribution in [0.15, 0.2) is 72.1 Å². The fourth-order valence-electron chi connectivity index (χ4n) is 3.15. The maximum absolute atomic E-state index is 11.3. The Morgan fingerprint density at radius 1 is 1.03 bits per heavy atom. The van der Waals surface area contributed by atoms with E-state index in [1.54, 1.807) is 13.2 Å². The summed E-state index contributed by atoms with van der Waals surface area (Å²) in [5, 5.41) is 24.7. The van der Waals surface area contributed by atoms with Gasteiger partial charge in [-0.15, -0.1) is 11.3 Å². The van der Waals surface area contributed by atoms with Gasteiger partial charge < -0.3 is 20.3 Å². The molecule has 4 aromatic rings. The number of aromatic hydroxyl groups is 1. The molecule has 6 nitrogen and oxygen atoms in total. The van der Waals surface area contributed by atoms with Crippen molar-refractivity contribution in [1.82, 2.24) is 4.98 Å². The van der Waals surface area contributed by atoms with Crippen LogP contribution in [0.2, 0.25) is 0 Å². The third kappa shape index (κ3) is 3.83. The summed E-state index contributed by atoms with van der Waals surface area (Å²) < 4.78 is 5.67. The maximum Gasteiger partial charge on any atom is 0.339 e. The largest absolute Gasteiger partial charge is 0.507 e. The van der Waals surface area contributed by atoms with E-state index in [4.69, 9.17) is 4.74 Å². The lowest BCUT2D eigenvalue weighted by molar-refractivity contribution is 0.0694. The monoisotopic (exact) mass is 418 g/mol. The van der Waals surface area contributed by atoms with Crippen LogP contribution in [0.25, 0.3) is 22.4 Å². The molecule has 1 aromatic heterocycles. The molecule has 3 N–H and O–H groups in total. The van der Waals surface area contributed by atoms with Gasteiger partial charge in [0.15, 0.2) is 5.13 Å². The molecule has 0 aliphatic carbocycles. The van der Waals surface area contributed by atoms with Crippen LogP contribution in [0, 0.1) is 0 Å². The predicted octanol–water partition coefficient (Wildman–Crippen LogP) is 5.63. The highest BCUT2D eigenvalue weighted by atomic mass is 32.1. The summed E-state index contributed by atoms with van der Waals surface area (Å²) in [4.78, 5) is 15.8. The molecule has 0 saturated heterocycles. The minimum absolute atomic E-state index is 0.160. The standard InChI is InChI=1S/C23H18N2O4S/c1-29-21-16(14-6-3-2-4-7-14)8-5-9-18(21)24-23-25-19(13-30-23)15-10-11-20(26)17(12-15)22(27)28/h2-13,26H,1H3,(H,24,25)(H,27,28). The normalized spacial score (nSPS) is 10.6. The smallest absolute Gasteiger partial charge is 0.339 e. The first-order chi connectivity index (χ1) is 14.6. The fraction of sp³-hybridized carbons (Fsp3) is 0.0435. The molecular formula is C23H18N2O4S. The number of rotatable bonds is 6. The first-order valence-electron chi connectivity index (χ1n) is 9.08. The minimum Gasteiger partial charge on any atom is -0.507 e. The number of carboxylic acid groups (broad SMARTS) is 1. The summed E-state index contributed by atoms with van der Waals surface area (Å²) in [5.74, 6) is -0.758. The molecule has 0 bridgehead atoms. The Kier molecular flexibility index (Phi) is 5.36. The predicted molar refractivity (Wildman–Crippen MR) is 118 cm³/mol. The maximum atomic E-state index is 11.3. The van der Waals surface area contributed by atoms with Crippen molar-refractivity contribution in [2.75, 3.05) is 12.4 Å². The number of thiazole rings is 1. The number of para-hydroxylation sites is 1. The lowest BCUT2D eigenvalue weighted by Crippen LogP contribution is -1.97. The van der Waals surface area contributed by atoms with Gasteiger partial charge in [0.25, 0.3) is 0 Å². The Bertz CT molecular complexity index is 1210. The van der Waals surface area contributed by atoms with Gasteiger partial charge in [-0.3, -0.25) is 0 Å². The summed E-state index contributed by atoms with van der Waals surface area (Å²) in [5.41, 5.74) is 3.85. The number of anilines is 2. The summed E-state index contributed by atoms with van der Waals surface area (Å²) in [6.45, 7) is 0. The SMILES string of the molecule is COc1c(Nc2nc(-c3ccc(O)c(C(=O)O)c3)cs2)cccc1-c1ccccc1. The number of nitrogens with one attached hydrogen (secondary N) is 1. The Labute approximate surface area is 177 Å². The highest BCUT2D eigenvalue weighted by Gasteiger charge is 2.15. The molecule has 0 radical (unpaired) electrons. The summed E-state index contributed by atoms with van der Waals surface area (Å²) >= 11 is 1.39. The van der Waals surface area contributed by atoms with Crippen molar-refractivity contribution in [2.45, 2.75) is 0 Å². The molecule has 3 aromatic carbocycles. The van der Waals surface area contributed by atoms with Crippen molar-refractivity contribution in [3.63, 3.8) is 0 Å². The molecule has 7 heteroatoms. The van der Waals surface area contributed by atoms with Crippen molar-refractivity contribution in [3.05, 3.63) is 77.7 Å². The number of ether oxygens (including phenoxy) is 1. The van der Waals surface area contributed by atoms with E-state index >= 15 is 0 Å². The number of aromatic carboxylic acids is 1. The first-order valence-corrected chi connectivity index (χ1v) is 9.96. The van der Waals surface area contributed by atoms with E-state index in [2.05, 4.69) is 10.3 Å². The van der Waals surface area contributed by atoms with Crippen LogP contribution in [-0.2, 0) is 0 Å². The number of aromatic nitrogens is 1. The van der Waals surface area contributed by atoms with Crippen molar-refractivity contribution in [3.8, 4) is 33.9 Å². The van der Waals surface area contributed by atoms with Crippen LogP contribution in [0.5, 0.6) is 11.5 Å². The lowest BCUT2D eigenvalue weighted by atomic mass is 10.0. The number of methoxy groups -OCH3 is 1. The fourth-order valence-corrected chi connectivity index (χ4v) is 3.88. The van der Waals surface area contributed by atoms with Crippen LogP contribution in [0.3, 0.4) is 0 Å². The third-order valence-electron chi connectivity index (χ3n) is 4.57. The molecule has 30 heavy (non-hydrogen) atoms. The van der Waals surface area contributed by atoms with E-state index in [0.29, 0.717) is 22.1 Å². The number of benzene rings is 3. The van der Waals surface area contributed by atoms with Gasteiger partial charge in [-0.25, -0.2) is 9.78 Å². The summed E-state index contributed by atoms with van der Waals surface area (Å²) in [6, 6.07) is 20.2. The van der Waals surface area contributed by atoms with E-state index in [1.165, 1.54) is 23.5 Å². The quantitative estimate of drug-likeness (QED) is 0.376. The number of nitrogens with zero attached hydrogens (tertiary/aromatic N) is 1. The van der Waals surface area contributed by atoms with Crippen LogP contribution in [0.4, 0.5) is 10.8 Å². The third-order valence-corrected chi connectivity index (χ3v) is 5.33. The summed E-state index contributed by atoms with van der Waals surface area (Å²) in [7, 11) is 1.63. The van der Waals surface area contributed by atoms with Crippen LogP contribution in [-0.4, -0.2) is 28.3 Å². The number of carbonyl (C=O) groups is 1. The van der Waals surface area contributed by atoms with Crippen molar-refractivity contribution in [2.24, 2.45) is 0 Å². The van der Waals surface area contributed by atoms with Crippen LogP contribution < -0.4 is 10.1 Å². The second kappa shape index (κ2) is 8.26. The Balaban J connectivity index is 1.65. The Morgan fingerprint density at radius 3 is 2.57 bits per heavy atom. The van der Waals surface area contributed by atoms with Gasteiger partial charge in [0.1, 0.15) is 17.1 Å². The molecule has 0 amide bonds. The Morgan fingerprint density at radius 2 is 1.83 bits per heavy atom. The molecule has 0 aliphatic heterocycles. The zero-order valence-electron chi connectivity index (χ0n) is 16.0. The highest BCUT2D eigenvalue weighted by Crippen LogP contribution is 2.38. The second-order valence-electron chi connectivity index (χ2n) is 6.45.